The molecule has 0 aliphatic carbocycles. The zero-order valence-electron chi connectivity index (χ0n) is 7.32. The number of nitrogens with two attached hydrogens (primary N) is 2. The summed E-state index contributed by atoms with van der Waals surface area (Å²) in [6.07, 6.45) is 4.50. The summed E-state index contributed by atoms with van der Waals surface area (Å²) in [4.78, 5) is 1.83. The van der Waals surface area contributed by atoms with Crippen LogP contribution in [0.5, 0.6) is 0 Å². The van der Waals surface area contributed by atoms with Crippen LogP contribution in [0.1, 0.15) is 0 Å². The highest BCUT2D eigenvalue weighted by molar-refractivity contribution is 4.93. The van der Waals surface area contributed by atoms with Crippen LogP contribution in [0.15, 0.2) is 38.0 Å². The lowest BCUT2D eigenvalue weighted by molar-refractivity contribution is 0.218. The Morgan fingerprint density at radius 2 is 1.50 bits per heavy atom. The Kier molecular flexibility index (Phi) is 5.28. The highest BCUT2D eigenvalue weighted by Crippen LogP contribution is 1.99. The van der Waals surface area contributed by atoms with E-state index in [1.165, 1.54) is 0 Å². The zero-order valence-corrected chi connectivity index (χ0v) is 7.32. The van der Waals surface area contributed by atoms with Gasteiger partial charge in [0.15, 0.2) is 0 Å². The Labute approximate surface area is 74.0 Å². The minimum absolute atomic E-state index is 0.254. The van der Waals surface area contributed by atoms with E-state index < -0.39 is 0 Å². The minimum atomic E-state index is -0.254. The summed E-state index contributed by atoms with van der Waals surface area (Å²) in [5, 5.41) is 0. The summed E-state index contributed by atoms with van der Waals surface area (Å²) < 4.78 is 0. The maximum Gasteiger partial charge on any atom is 0.0779 e. The quantitative estimate of drug-likeness (QED) is 0.445. The van der Waals surface area contributed by atoms with Crippen molar-refractivity contribution in [3.8, 4) is 0 Å². The molecule has 0 spiro atoms. The van der Waals surface area contributed by atoms with Crippen molar-refractivity contribution in [2.24, 2.45) is 11.5 Å². The van der Waals surface area contributed by atoms with E-state index in [1.807, 2.05) is 4.90 Å². The second-order valence-electron chi connectivity index (χ2n) is 2.44. The fraction of sp³-hybridized carbons (Fsp3) is 0.333. The molecule has 0 heterocycles. The number of rotatable bonds is 6. The standard InChI is InChI=1S/C9H17N3/c1-4-7-12(8(10)5-2)9(11)6-3/h4-6,8-9H,1-3,7,10-11H2. The summed E-state index contributed by atoms with van der Waals surface area (Å²) in [7, 11) is 0. The monoisotopic (exact) mass is 167 g/mol. The van der Waals surface area contributed by atoms with Crippen molar-refractivity contribution in [2.75, 3.05) is 6.54 Å². The Hall–Kier alpha value is -0.900. The molecule has 2 unspecified atom stereocenters. The lowest BCUT2D eigenvalue weighted by Crippen LogP contribution is -2.50. The van der Waals surface area contributed by atoms with Gasteiger partial charge in [-0.3, -0.25) is 4.90 Å². The van der Waals surface area contributed by atoms with Crippen LogP contribution in [0.3, 0.4) is 0 Å². The third kappa shape index (κ3) is 3.00. The van der Waals surface area contributed by atoms with Crippen LogP contribution in [-0.4, -0.2) is 23.8 Å². The maximum atomic E-state index is 5.71. The molecule has 3 nitrogen and oxygen atoms in total. The molecule has 12 heavy (non-hydrogen) atoms. The minimum Gasteiger partial charge on any atom is -0.312 e. The smallest absolute Gasteiger partial charge is 0.0779 e. The average molecular weight is 167 g/mol. The molecule has 0 saturated carbocycles. The zero-order chi connectivity index (χ0) is 9.56. The van der Waals surface area contributed by atoms with Crippen molar-refractivity contribution in [3.05, 3.63) is 38.0 Å². The molecule has 0 aliphatic heterocycles. The molecule has 0 bridgehead atoms. The van der Waals surface area contributed by atoms with Gasteiger partial charge in [-0.15, -0.1) is 19.7 Å². The van der Waals surface area contributed by atoms with E-state index in [0.717, 1.165) is 0 Å². The van der Waals surface area contributed by atoms with Crippen molar-refractivity contribution in [3.63, 3.8) is 0 Å². The van der Waals surface area contributed by atoms with Gasteiger partial charge in [-0.1, -0.05) is 18.2 Å². The highest BCUT2D eigenvalue weighted by Gasteiger charge is 2.13. The van der Waals surface area contributed by atoms with Gasteiger partial charge in [0.25, 0.3) is 0 Å². The van der Waals surface area contributed by atoms with Crippen LogP contribution in [0.4, 0.5) is 0 Å². The molecule has 0 radical (unpaired) electrons. The molecular weight excluding hydrogens is 150 g/mol. The highest BCUT2D eigenvalue weighted by atomic mass is 15.3. The molecule has 3 heteroatoms. The first-order chi connectivity index (χ1) is 5.67. The lowest BCUT2D eigenvalue weighted by Gasteiger charge is -2.29. The number of nitrogens with zero attached hydrogens (tertiary/aromatic N) is 1. The summed E-state index contributed by atoms with van der Waals surface area (Å²) in [5.74, 6) is 0. The molecule has 0 aromatic carbocycles. The first kappa shape index (κ1) is 11.1. The lowest BCUT2D eigenvalue weighted by atomic mass is 10.3. The van der Waals surface area contributed by atoms with Gasteiger partial charge in [0, 0.05) is 6.54 Å². The van der Waals surface area contributed by atoms with E-state index in [9.17, 15) is 0 Å². The topological polar surface area (TPSA) is 55.3 Å². The van der Waals surface area contributed by atoms with Crippen molar-refractivity contribution in [1.29, 1.82) is 0 Å². The molecule has 0 saturated heterocycles. The van der Waals surface area contributed by atoms with Crippen molar-refractivity contribution in [1.82, 2.24) is 4.90 Å². The SMILES string of the molecule is C=CCN(C(N)C=C)C(N)C=C. The predicted octanol–water partition coefficient (Wildman–Crippen LogP) is 0.416. The van der Waals surface area contributed by atoms with Gasteiger partial charge in [-0.05, 0) is 0 Å². The van der Waals surface area contributed by atoms with Gasteiger partial charge in [-0.25, -0.2) is 0 Å². The molecular formula is C9H17N3. The summed E-state index contributed by atoms with van der Waals surface area (Å²) in [6.45, 7) is 11.4. The molecule has 2 atom stereocenters. The predicted molar refractivity (Wildman–Crippen MR) is 53.2 cm³/mol. The van der Waals surface area contributed by atoms with Crippen molar-refractivity contribution >= 4 is 0 Å². The van der Waals surface area contributed by atoms with Crippen LogP contribution in [0.25, 0.3) is 0 Å². The average Bonchev–Trinajstić information content (AvgIpc) is 2.11. The van der Waals surface area contributed by atoms with E-state index in [1.54, 1.807) is 18.2 Å². The summed E-state index contributed by atoms with van der Waals surface area (Å²) in [5.41, 5.74) is 11.4. The Balaban J connectivity index is 4.28. The maximum absolute atomic E-state index is 5.71. The normalized spacial score (nSPS) is 15.2. The Morgan fingerprint density at radius 3 is 1.75 bits per heavy atom. The van der Waals surface area contributed by atoms with Crippen LogP contribution in [0, 0.1) is 0 Å². The second-order valence-corrected chi connectivity index (χ2v) is 2.44. The van der Waals surface area contributed by atoms with E-state index in [2.05, 4.69) is 19.7 Å². The first-order valence-electron chi connectivity index (χ1n) is 3.80. The van der Waals surface area contributed by atoms with E-state index in [0.29, 0.717) is 6.54 Å². The van der Waals surface area contributed by atoms with Gasteiger partial charge in [0.1, 0.15) is 0 Å². The first-order valence-corrected chi connectivity index (χ1v) is 3.80. The van der Waals surface area contributed by atoms with Gasteiger partial charge in [0.05, 0.1) is 12.3 Å². The van der Waals surface area contributed by atoms with Crippen molar-refractivity contribution in [2.45, 2.75) is 12.3 Å². The summed E-state index contributed by atoms with van der Waals surface area (Å²) >= 11 is 0. The fourth-order valence-electron chi connectivity index (χ4n) is 0.862. The molecule has 0 aromatic heterocycles. The molecule has 0 fully saturated rings. The van der Waals surface area contributed by atoms with Crippen LogP contribution in [-0.2, 0) is 0 Å². The molecule has 4 N–H and O–H groups in total. The summed E-state index contributed by atoms with van der Waals surface area (Å²) in [6, 6.07) is 0. The largest absolute Gasteiger partial charge is 0.312 e. The van der Waals surface area contributed by atoms with Crippen LogP contribution in [0.2, 0.25) is 0 Å². The second kappa shape index (κ2) is 5.71. The number of hydrogen-bond acceptors (Lipinski definition) is 3. The molecule has 0 rings (SSSR count). The van der Waals surface area contributed by atoms with Crippen molar-refractivity contribution < 1.29 is 0 Å². The molecule has 0 aliphatic rings. The molecule has 68 valence electrons. The van der Waals surface area contributed by atoms with E-state index in [-0.39, 0.29) is 12.3 Å². The Bertz CT molecular complexity index is 151. The molecule has 0 amide bonds. The number of hydrogen-bond donors (Lipinski definition) is 2. The van der Waals surface area contributed by atoms with E-state index in [4.69, 9.17) is 11.5 Å². The van der Waals surface area contributed by atoms with Gasteiger partial charge >= 0.3 is 0 Å². The van der Waals surface area contributed by atoms with Gasteiger partial charge < -0.3 is 11.5 Å². The van der Waals surface area contributed by atoms with Crippen LogP contribution < -0.4 is 11.5 Å². The fourth-order valence-corrected chi connectivity index (χ4v) is 0.862. The van der Waals surface area contributed by atoms with Gasteiger partial charge in [0.2, 0.25) is 0 Å². The van der Waals surface area contributed by atoms with E-state index >= 15 is 0 Å². The third-order valence-electron chi connectivity index (χ3n) is 1.59. The van der Waals surface area contributed by atoms with Crippen LogP contribution >= 0.6 is 0 Å². The molecule has 0 aromatic rings. The van der Waals surface area contributed by atoms with Gasteiger partial charge in [-0.2, -0.15) is 0 Å². The Morgan fingerprint density at radius 1 is 1.08 bits per heavy atom. The third-order valence-corrected chi connectivity index (χ3v) is 1.59.